The van der Waals surface area contributed by atoms with Crippen LogP contribution in [0, 0.1) is 0 Å². The van der Waals surface area contributed by atoms with Crippen LogP contribution in [0.25, 0.3) is 6.08 Å². The zero-order chi connectivity index (χ0) is 14.7. The van der Waals surface area contributed by atoms with Crippen molar-refractivity contribution < 1.29 is 14.7 Å². The van der Waals surface area contributed by atoms with Gasteiger partial charge in [0, 0.05) is 17.8 Å². The number of nitrogens with zero attached hydrogens (tertiary/aromatic N) is 1. The quantitative estimate of drug-likeness (QED) is 0.653. The normalized spacial score (nSPS) is 17.2. The van der Waals surface area contributed by atoms with Crippen LogP contribution in [0.2, 0.25) is 4.34 Å². The molecular formula is C12H10ClNO3S3. The number of amides is 1. The van der Waals surface area contributed by atoms with E-state index >= 15 is 0 Å². The lowest BCUT2D eigenvalue weighted by molar-refractivity contribution is -0.137. The van der Waals surface area contributed by atoms with E-state index in [-0.39, 0.29) is 12.3 Å². The molecule has 0 aromatic carbocycles. The number of aliphatic carboxylic acids is 1. The van der Waals surface area contributed by atoms with Crippen LogP contribution in [0.3, 0.4) is 0 Å². The lowest BCUT2D eigenvalue weighted by Crippen LogP contribution is -2.29. The number of hydrogen-bond acceptors (Lipinski definition) is 5. The van der Waals surface area contributed by atoms with Crippen molar-refractivity contribution in [2.45, 2.75) is 12.8 Å². The lowest BCUT2D eigenvalue weighted by atomic mass is 10.3. The number of hydrogen-bond donors (Lipinski definition) is 1. The molecule has 1 saturated heterocycles. The Balaban J connectivity index is 2.04. The first-order valence-corrected chi connectivity index (χ1v) is 8.12. The van der Waals surface area contributed by atoms with Crippen LogP contribution in [-0.4, -0.2) is 32.7 Å². The Morgan fingerprint density at radius 1 is 1.50 bits per heavy atom. The maximum atomic E-state index is 12.2. The Labute approximate surface area is 134 Å². The maximum absolute atomic E-state index is 12.2. The number of carbonyl (C=O) groups is 2. The number of thiophene rings is 1. The van der Waals surface area contributed by atoms with Crippen molar-refractivity contribution in [1.82, 2.24) is 4.90 Å². The van der Waals surface area contributed by atoms with Gasteiger partial charge in [-0.15, -0.1) is 11.3 Å². The highest BCUT2D eigenvalue weighted by atomic mass is 35.5. The van der Waals surface area contributed by atoms with Gasteiger partial charge in [0.25, 0.3) is 5.91 Å². The number of halogens is 1. The van der Waals surface area contributed by atoms with E-state index in [1.54, 1.807) is 12.1 Å². The van der Waals surface area contributed by atoms with E-state index in [0.717, 1.165) is 4.88 Å². The van der Waals surface area contributed by atoms with E-state index in [0.29, 0.717) is 26.5 Å². The molecular weight excluding hydrogens is 338 g/mol. The van der Waals surface area contributed by atoms with Crippen LogP contribution >= 0.6 is 46.9 Å². The van der Waals surface area contributed by atoms with Crippen molar-refractivity contribution in [3.63, 3.8) is 0 Å². The summed E-state index contributed by atoms with van der Waals surface area (Å²) in [6.07, 6.45) is 2.17. The fourth-order valence-corrected chi connectivity index (χ4v) is 3.99. The fraction of sp³-hybridized carbons (Fsp3) is 0.250. The molecule has 106 valence electrons. The van der Waals surface area contributed by atoms with E-state index in [2.05, 4.69) is 0 Å². The van der Waals surface area contributed by atoms with E-state index in [1.807, 2.05) is 6.07 Å². The Bertz CT molecular complexity index is 597. The molecule has 4 nitrogen and oxygen atoms in total. The molecule has 1 aromatic heterocycles. The van der Waals surface area contributed by atoms with E-state index in [1.165, 1.54) is 28.0 Å². The molecule has 0 unspecified atom stereocenters. The molecule has 0 spiro atoms. The van der Waals surface area contributed by atoms with Gasteiger partial charge in [-0.1, -0.05) is 35.6 Å². The highest BCUT2D eigenvalue weighted by Gasteiger charge is 2.31. The third-order valence-corrected chi connectivity index (χ3v) is 5.07. The Kier molecular flexibility index (Phi) is 5.20. The van der Waals surface area contributed by atoms with Crippen molar-refractivity contribution in [3.05, 3.63) is 26.3 Å². The van der Waals surface area contributed by atoms with Gasteiger partial charge in [-0.2, -0.15) is 0 Å². The topological polar surface area (TPSA) is 57.6 Å². The third-order valence-electron chi connectivity index (χ3n) is 2.51. The van der Waals surface area contributed by atoms with Gasteiger partial charge in [-0.3, -0.25) is 14.5 Å². The molecule has 1 aliphatic heterocycles. The van der Waals surface area contributed by atoms with Crippen molar-refractivity contribution >= 4 is 69.2 Å². The summed E-state index contributed by atoms with van der Waals surface area (Å²) >= 11 is 13.6. The van der Waals surface area contributed by atoms with Crippen LogP contribution < -0.4 is 0 Å². The van der Waals surface area contributed by atoms with Gasteiger partial charge in [0.05, 0.1) is 9.24 Å². The predicted molar refractivity (Wildman–Crippen MR) is 86.1 cm³/mol. The Hall–Kier alpha value is -0.890. The molecule has 2 rings (SSSR count). The average molecular weight is 348 g/mol. The first-order valence-electron chi connectivity index (χ1n) is 5.70. The van der Waals surface area contributed by atoms with Gasteiger partial charge in [0.1, 0.15) is 4.32 Å². The lowest BCUT2D eigenvalue weighted by Gasteiger charge is -2.13. The summed E-state index contributed by atoms with van der Waals surface area (Å²) in [5.74, 6) is -1.05. The molecule has 0 saturated carbocycles. The molecule has 2 heterocycles. The average Bonchev–Trinajstić information content (AvgIpc) is 2.88. The van der Waals surface area contributed by atoms with E-state index < -0.39 is 5.97 Å². The molecule has 8 heteroatoms. The number of carbonyl (C=O) groups excluding carboxylic acids is 1. The minimum absolute atomic E-state index is 0.0244. The summed E-state index contributed by atoms with van der Waals surface area (Å²) in [6.45, 7) is 0.333. The number of carboxylic acid groups (broad SMARTS) is 1. The molecule has 1 aliphatic rings. The molecule has 0 aliphatic carbocycles. The molecule has 0 radical (unpaired) electrons. The Morgan fingerprint density at radius 2 is 2.25 bits per heavy atom. The third kappa shape index (κ3) is 3.82. The van der Waals surface area contributed by atoms with Crippen LogP contribution in [-0.2, 0) is 9.59 Å². The summed E-state index contributed by atoms with van der Waals surface area (Å²) in [4.78, 5) is 25.5. The van der Waals surface area contributed by atoms with Crippen molar-refractivity contribution in [2.75, 3.05) is 6.54 Å². The van der Waals surface area contributed by atoms with Gasteiger partial charge in [0.15, 0.2) is 0 Å². The molecule has 1 N–H and O–H groups in total. The summed E-state index contributed by atoms with van der Waals surface area (Å²) in [6, 6.07) is 3.61. The zero-order valence-electron chi connectivity index (χ0n) is 10.2. The summed E-state index contributed by atoms with van der Waals surface area (Å²) in [5, 5.41) is 8.60. The molecule has 1 amide bonds. The van der Waals surface area contributed by atoms with Crippen LogP contribution in [0.4, 0.5) is 0 Å². The SMILES string of the molecule is O=C(O)CCCN1C(=O)C(=Cc2ccc(Cl)s2)SC1=S. The van der Waals surface area contributed by atoms with Crippen molar-refractivity contribution in [3.8, 4) is 0 Å². The van der Waals surface area contributed by atoms with Gasteiger partial charge in [-0.05, 0) is 24.6 Å². The molecule has 0 bridgehead atoms. The maximum Gasteiger partial charge on any atom is 0.303 e. The van der Waals surface area contributed by atoms with Gasteiger partial charge < -0.3 is 5.11 Å². The highest BCUT2D eigenvalue weighted by molar-refractivity contribution is 8.26. The largest absolute Gasteiger partial charge is 0.481 e. The van der Waals surface area contributed by atoms with Crippen LogP contribution in [0.1, 0.15) is 17.7 Å². The van der Waals surface area contributed by atoms with Gasteiger partial charge in [0.2, 0.25) is 0 Å². The second-order valence-electron chi connectivity index (χ2n) is 3.97. The second-order valence-corrected chi connectivity index (χ2v) is 7.39. The minimum atomic E-state index is -0.876. The monoisotopic (exact) mass is 347 g/mol. The molecule has 1 fully saturated rings. The number of thioether (sulfide) groups is 1. The highest BCUT2D eigenvalue weighted by Crippen LogP contribution is 2.34. The number of rotatable bonds is 5. The summed E-state index contributed by atoms with van der Waals surface area (Å²) in [5.41, 5.74) is 0. The first-order chi connectivity index (χ1) is 9.47. The molecule has 0 atom stereocenters. The van der Waals surface area contributed by atoms with Gasteiger partial charge >= 0.3 is 5.97 Å². The summed E-state index contributed by atoms with van der Waals surface area (Å²) < 4.78 is 1.13. The van der Waals surface area contributed by atoms with Crippen LogP contribution in [0.5, 0.6) is 0 Å². The summed E-state index contributed by atoms with van der Waals surface area (Å²) in [7, 11) is 0. The zero-order valence-corrected chi connectivity index (χ0v) is 13.4. The van der Waals surface area contributed by atoms with E-state index in [4.69, 9.17) is 28.9 Å². The minimum Gasteiger partial charge on any atom is -0.481 e. The fourth-order valence-electron chi connectivity index (χ4n) is 1.62. The van der Waals surface area contributed by atoms with Crippen LogP contribution in [0.15, 0.2) is 17.0 Å². The Morgan fingerprint density at radius 3 is 2.85 bits per heavy atom. The van der Waals surface area contributed by atoms with E-state index in [9.17, 15) is 9.59 Å². The molecule has 1 aromatic rings. The molecule has 20 heavy (non-hydrogen) atoms. The smallest absolute Gasteiger partial charge is 0.303 e. The number of carboxylic acids is 1. The van der Waals surface area contributed by atoms with Crippen molar-refractivity contribution in [1.29, 1.82) is 0 Å². The van der Waals surface area contributed by atoms with Crippen molar-refractivity contribution in [2.24, 2.45) is 0 Å². The first kappa shape index (κ1) is 15.5. The number of thiocarbonyl (C=S) groups is 1. The standard InChI is InChI=1S/C12H10ClNO3S3/c13-9-4-3-7(19-9)6-8-11(17)14(12(18)20-8)5-1-2-10(15)16/h3-4,6H,1-2,5H2,(H,15,16). The second kappa shape index (κ2) is 6.71. The van der Waals surface area contributed by atoms with Gasteiger partial charge in [-0.25, -0.2) is 0 Å². The predicted octanol–water partition coefficient (Wildman–Crippen LogP) is 3.47.